The zero-order chi connectivity index (χ0) is 51.0. The molecule has 0 fully saturated rings. The molecule has 0 saturated carbocycles. The van der Waals surface area contributed by atoms with Gasteiger partial charge < -0.3 is 60.7 Å². The molecule has 7 rings (SSSR count). The third-order valence-electron chi connectivity index (χ3n) is 11.8. The van der Waals surface area contributed by atoms with Gasteiger partial charge in [-0.2, -0.15) is 5.10 Å². The second kappa shape index (κ2) is 26.2. The summed E-state index contributed by atoms with van der Waals surface area (Å²) < 4.78 is 23.6. The summed E-state index contributed by atoms with van der Waals surface area (Å²) >= 11 is 13.1. The number of aromatic hydroxyl groups is 1. The molecular formula is C50H58Cl2N10O10. The van der Waals surface area contributed by atoms with Gasteiger partial charge >= 0.3 is 0 Å². The third-order valence-corrected chi connectivity index (χ3v) is 12.6. The summed E-state index contributed by atoms with van der Waals surface area (Å²) in [6, 6.07) is 13.7. The Morgan fingerprint density at radius 1 is 0.806 bits per heavy atom. The second-order valence-electron chi connectivity index (χ2n) is 16.6. The molecule has 4 amide bonds. The molecule has 0 aliphatic carbocycles. The van der Waals surface area contributed by atoms with Gasteiger partial charge in [0, 0.05) is 103 Å². The summed E-state index contributed by atoms with van der Waals surface area (Å²) in [6.45, 7) is 5.53. The molecule has 0 bridgehead atoms. The Kier molecular flexibility index (Phi) is 19.3. The van der Waals surface area contributed by atoms with E-state index < -0.39 is 6.61 Å². The zero-order valence-corrected chi connectivity index (χ0v) is 41.3. The van der Waals surface area contributed by atoms with Crippen LogP contribution in [0.25, 0.3) is 44.4 Å². The number of hydrogen-bond donors (Lipinski definition) is 7. The van der Waals surface area contributed by atoms with Crippen molar-refractivity contribution in [2.45, 2.75) is 39.3 Å². The molecule has 22 heteroatoms. The van der Waals surface area contributed by atoms with Gasteiger partial charge in [0.15, 0.2) is 0 Å². The number of amides is 4. The van der Waals surface area contributed by atoms with Crippen LogP contribution in [0.5, 0.6) is 5.75 Å². The van der Waals surface area contributed by atoms with E-state index in [4.69, 9.17) is 47.9 Å². The SMILES string of the molecule is CCc1c(-c2ccc(C(=O)NCCNC(=O)CCOCCOCCOCCOCCNC(=O)Cn3ccc(-c4cc(Cl)c(Cl)c5[nH]c6c(c45)CN(C(=O)CO)CC6)n3)nc2)cnc(N)c1-c1ccc(O)cc1. The van der Waals surface area contributed by atoms with Gasteiger partial charge in [-0.25, -0.2) is 4.98 Å². The van der Waals surface area contributed by atoms with E-state index in [0.717, 1.165) is 44.5 Å². The molecule has 0 spiro atoms. The van der Waals surface area contributed by atoms with E-state index in [-0.39, 0.29) is 67.7 Å². The number of carbonyl (C=O) groups is 4. The lowest BCUT2D eigenvalue weighted by Gasteiger charge is -2.26. The molecule has 4 aromatic heterocycles. The number of hydrogen-bond acceptors (Lipinski definition) is 14. The van der Waals surface area contributed by atoms with E-state index in [1.807, 2.05) is 6.92 Å². The van der Waals surface area contributed by atoms with Crippen molar-refractivity contribution in [1.29, 1.82) is 0 Å². The van der Waals surface area contributed by atoms with Crippen LogP contribution in [0.15, 0.2) is 67.1 Å². The smallest absolute Gasteiger partial charge is 0.269 e. The normalized spacial score (nSPS) is 12.2. The number of halogens is 2. The number of rotatable bonds is 26. The molecule has 1 aliphatic rings. The molecule has 6 aromatic rings. The Hall–Kier alpha value is -6.65. The number of nitrogens with zero attached hydrogens (tertiary/aromatic N) is 5. The number of aromatic amines is 1. The molecule has 1 aliphatic heterocycles. The van der Waals surface area contributed by atoms with Crippen LogP contribution in [0.3, 0.4) is 0 Å². The van der Waals surface area contributed by atoms with Crippen molar-refractivity contribution in [2.75, 3.05) is 91.4 Å². The summed E-state index contributed by atoms with van der Waals surface area (Å²) in [5.74, 6) is -0.642. The zero-order valence-electron chi connectivity index (χ0n) is 39.8. The fourth-order valence-electron chi connectivity index (χ4n) is 8.22. The Morgan fingerprint density at radius 2 is 1.49 bits per heavy atom. The average molecular weight is 1030 g/mol. The van der Waals surface area contributed by atoms with Crippen molar-refractivity contribution in [3.63, 3.8) is 0 Å². The van der Waals surface area contributed by atoms with Crippen molar-refractivity contribution < 1.29 is 48.3 Å². The van der Waals surface area contributed by atoms with E-state index in [1.165, 1.54) is 4.68 Å². The molecule has 5 heterocycles. The molecular weight excluding hydrogens is 972 g/mol. The first kappa shape index (κ1) is 53.2. The van der Waals surface area contributed by atoms with Gasteiger partial charge in [0.2, 0.25) is 17.7 Å². The van der Waals surface area contributed by atoms with E-state index in [2.05, 4.69) is 36.0 Å². The number of carbonyl (C=O) groups excluding carboxylic acids is 4. The first-order valence-electron chi connectivity index (χ1n) is 23.5. The molecule has 0 radical (unpaired) electrons. The van der Waals surface area contributed by atoms with Gasteiger partial charge in [0.1, 0.15) is 30.4 Å². The van der Waals surface area contributed by atoms with Crippen LogP contribution < -0.4 is 21.7 Å². The minimum atomic E-state index is -0.568. The van der Waals surface area contributed by atoms with Crippen LogP contribution in [0, 0.1) is 0 Å². The molecule has 2 aromatic carbocycles. The fourth-order valence-corrected chi connectivity index (χ4v) is 8.62. The van der Waals surface area contributed by atoms with Gasteiger partial charge in [-0.3, -0.25) is 28.8 Å². The minimum Gasteiger partial charge on any atom is -0.508 e. The Bertz CT molecular complexity index is 2820. The van der Waals surface area contributed by atoms with Gasteiger partial charge in [0.05, 0.1) is 74.1 Å². The predicted octanol–water partition coefficient (Wildman–Crippen LogP) is 4.31. The quantitative estimate of drug-likeness (QED) is 0.0374. The molecule has 0 saturated heterocycles. The van der Waals surface area contributed by atoms with Crippen molar-refractivity contribution in [3.05, 3.63) is 99.7 Å². The van der Waals surface area contributed by atoms with Crippen molar-refractivity contribution >= 4 is 63.6 Å². The number of aliphatic hydroxyl groups excluding tert-OH is 1. The number of phenolic OH excluding ortho intramolecular Hbond substituents is 1. The Morgan fingerprint density at radius 3 is 2.18 bits per heavy atom. The molecule has 0 atom stereocenters. The Balaban J connectivity index is 0.683. The molecule has 8 N–H and O–H groups in total. The number of fused-ring (bicyclic) bond motifs is 3. The number of aliphatic hydroxyl groups is 1. The fraction of sp³-hybridized carbons (Fsp3) is 0.380. The predicted molar refractivity (Wildman–Crippen MR) is 270 cm³/mol. The first-order valence-corrected chi connectivity index (χ1v) is 24.3. The number of nitrogens with two attached hydrogens (primary N) is 1. The summed E-state index contributed by atoms with van der Waals surface area (Å²) in [5.41, 5.74) is 14.5. The van der Waals surface area contributed by atoms with E-state index in [1.54, 1.807) is 72.0 Å². The van der Waals surface area contributed by atoms with E-state index in [9.17, 15) is 29.4 Å². The minimum absolute atomic E-state index is 0.0171. The highest BCUT2D eigenvalue weighted by molar-refractivity contribution is 6.45. The number of ether oxygens (including phenoxy) is 4. The third kappa shape index (κ3) is 13.8. The molecule has 20 nitrogen and oxygen atoms in total. The van der Waals surface area contributed by atoms with Crippen LogP contribution in [0.4, 0.5) is 5.82 Å². The Labute approximate surface area is 425 Å². The highest BCUT2D eigenvalue weighted by Gasteiger charge is 2.28. The average Bonchev–Trinajstić information content (AvgIpc) is 4.02. The van der Waals surface area contributed by atoms with E-state index in [0.29, 0.717) is 111 Å². The van der Waals surface area contributed by atoms with Gasteiger partial charge in [0.25, 0.3) is 5.91 Å². The maximum atomic E-state index is 12.7. The lowest BCUT2D eigenvalue weighted by molar-refractivity contribution is -0.135. The lowest BCUT2D eigenvalue weighted by atomic mass is 9.92. The van der Waals surface area contributed by atoms with Gasteiger partial charge in [-0.15, -0.1) is 0 Å². The number of benzene rings is 2. The molecule has 382 valence electrons. The van der Waals surface area contributed by atoms with Crippen molar-refractivity contribution in [3.8, 4) is 39.3 Å². The van der Waals surface area contributed by atoms with Crippen LogP contribution in [-0.4, -0.2) is 149 Å². The number of phenols is 1. The topological polar surface area (TPSA) is 270 Å². The van der Waals surface area contributed by atoms with E-state index >= 15 is 0 Å². The van der Waals surface area contributed by atoms with Crippen LogP contribution in [-0.2, 0) is 59.3 Å². The van der Waals surface area contributed by atoms with Crippen LogP contribution in [0.2, 0.25) is 10.0 Å². The van der Waals surface area contributed by atoms with Crippen molar-refractivity contribution in [2.24, 2.45) is 0 Å². The van der Waals surface area contributed by atoms with Crippen LogP contribution in [0.1, 0.15) is 40.7 Å². The number of anilines is 1. The highest BCUT2D eigenvalue weighted by atomic mass is 35.5. The van der Waals surface area contributed by atoms with Crippen LogP contribution >= 0.6 is 23.2 Å². The largest absolute Gasteiger partial charge is 0.508 e. The first-order chi connectivity index (χ1) is 34.9. The molecule has 0 unspecified atom stereocenters. The number of nitrogens with one attached hydrogen (secondary N) is 4. The summed E-state index contributed by atoms with van der Waals surface area (Å²) in [4.78, 5) is 63.7. The number of nitrogen functional groups attached to an aromatic ring is 1. The monoisotopic (exact) mass is 1030 g/mol. The van der Waals surface area contributed by atoms with Gasteiger partial charge in [-0.1, -0.05) is 48.3 Å². The summed E-state index contributed by atoms with van der Waals surface area (Å²) in [7, 11) is 0. The number of aromatic nitrogens is 5. The maximum absolute atomic E-state index is 12.7. The lowest BCUT2D eigenvalue weighted by Crippen LogP contribution is -2.37. The molecule has 72 heavy (non-hydrogen) atoms. The second-order valence-corrected chi connectivity index (χ2v) is 17.4. The summed E-state index contributed by atoms with van der Waals surface area (Å²) in [5, 5.41) is 33.6. The highest BCUT2D eigenvalue weighted by Crippen LogP contribution is 2.42. The number of H-pyrrole nitrogens is 1. The maximum Gasteiger partial charge on any atom is 0.269 e. The van der Waals surface area contributed by atoms with Crippen molar-refractivity contribution in [1.82, 2.24) is 45.6 Å². The summed E-state index contributed by atoms with van der Waals surface area (Å²) in [6.07, 6.45) is 6.41. The number of pyridine rings is 2. The van der Waals surface area contributed by atoms with Gasteiger partial charge in [-0.05, 0) is 47.9 Å². The standard InChI is InChI=1S/C50H58Cl2N10O10/c1-2-34-36(27-58-49(53)45(34)31-3-6-33(64)7-4-31)32-5-8-41(57-26-32)50(68)56-13-12-54-42(65)11-17-69-19-21-71-23-24-72-22-20-70-18-14-55-43(66)29-62-16-10-40(60-62)35-25-38(51)47(52)48-46(35)37-28-61(44(67)30-63)15-9-39(37)59-48/h3-8,10,16,25-27,59,63-64H,2,9,11-15,17-24,28-30H2,1H3,(H2,53,58)(H,54,65)(H,55,66)(H,56,68).